The molecule has 1 unspecified atom stereocenters. The fourth-order valence-electron chi connectivity index (χ4n) is 1.71. The van der Waals surface area contributed by atoms with Crippen LogP contribution in [0.15, 0.2) is 42.7 Å². The fourth-order valence-corrected chi connectivity index (χ4v) is 1.84. The van der Waals surface area contributed by atoms with Crippen LogP contribution in [0.25, 0.3) is 0 Å². The number of benzene rings is 1. The van der Waals surface area contributed by atoms with Gasteiger partial charge in [-0.25, -0.2) is 0 Å². The zero-order valence-electron chi connectivity index (χ0n) is 9.73. The van der Waals surface area contributed by atoms with Crippen molar-refractivity contribution in [2.75, 3.05) is 0 Å². The highest BCUT2D eigenvalue weighted by atomic mass is 35.5. The molecule has 1 aromatic heterocycles. The van der Waals surface area contributed by atoms with Crippen molar-refractivity contribution in [1.29, 1.82) is 0 Å². The Bertz CT molecular complexity index is 548. The van der Waals surface area contributed by atoms with Crippen LogP contribution in [0.5, 0.6) is 0 Å². The average molecular weight is 290 g/mol. The number of aliphatic hydroxyl groups excluding tert-OH is 1. The Morgan fingerprint density at radius 1 is 1.16 bits per heavy atom. The maximum absolute atomic E-state index is 12.3. The van der Waals surface area contributed by atoms with Crippen molar-refractivity contribution in [1.82, 2.24) is 4.57 Å². The van der Waals surface area contributed by atoms with Crippen LogP contribution in [0.1, 0.15) is 17.2 Å². The smallest absolute Gasteiger partial charge is 0.379 e. The normalized spacial score (nSPS) is 13.5. The number of hydrogen-bond acceptors (Lipinski definition) is 1. The summed E-state index contributed by atoms with van der Waals surface area (Å²) in [6.07, 6.45) is -4.31. The number of aromatic nitrogens is 1. The third kappa shape index (κ3) is 3.52. The van der Waals surface area contributed by atoms with Crippen molar-refractivity contribution in [3.63, 3.8) is 0 Å². The van der Waals surface area contributed by atoms with Crippen molar-refractivity contribution < 1.29 is 18.3 Å². The summed E-state index contributed by atoms with van der Waals surface area (Å²) in [7, 11) is 0. The minimum absolute atomic E-state index is 0.165. The standard InChI is InChI=1S/C13H11ClF3NO/c14-11-3-1-9(2-4-11)7-18-6-5-10(8-18)12(19)13(15,16)17/h1-6,8,12,19H,7H2. The lowest BCUT2D eigenvalue weighted by molar-refractivity contribution is -0.206. The van der Waals surface area contributed by atoms with Gasteiger partial charge < -0.3 is 9.67 Å². The van der Waals surface area contributed by atoms with Crippen molar-refractivity contribution in [2.24, 2.45) is 0 Å². The molecule has 0 saturated carbocycles. The number of aliphatic hydroxyl groups is 1. The van der Waals surface area contributed by atoms with Gasteiger partial charge in [0.15, 0.2) is 6.10 Å². The van der Waals surface area contributed by atoms with Gasteiger partial charge in [-0.05, 0) is 23.8 Å². The van der Waals surface area contributed by atoms with Gasteiger partial charge in [-0.2, -0.15) is 13.2 Å². The van der Waals surface area contributed by atoms with E-state index in [0.717, 1.165) is 5.56 Å². The lowest BCUT2D eigenvalue weighted by Crippen LogP contribution is -2.19. The first-order valence-corrected chi connectivity index (χ1v) is 5.89. The second-order valence-electron chi connectivity index (χ2n) is 4.19. The number of rotatable bonds is 3. The summed E-state index contributed by atoms with van der Waals surface area (Å²) in [6.45, 7) is 0.418. The second kappa shape index (κ2) is 5.27. The number of alkyl halides is 3. The fraction of sp³-hybridized carbons (Fsp3) is 0.231. The molecule has 1 aromatic carbocycles. The summed E-state index contributed by atoms with van der Waals surface area (Å²) < 4.78 is 38.6. The van der Waals surface area contributed by atoms with E-state index in [2.05, 4.69) is 0 Å². The highest BCUT2D eigenvalue weighted by molar-refractivity contribution is 6.30. The molecular weight excluding hydrogens is 279 g/mol. The molecule has 1 heterocycles. The molecule has 1 atom stereocenters. The summed E-state index contributed by atoms with van der Waals surface area (Å²) in [5.74, 6) is 0. The van der Waals surface area contributed by atoms with E-state index in [1.54, 1.807) is 28.8 Å². The minimum Gasteiger partial charge on any atom is -0.379 e. The first kappa shape index (κ1) is 14.0. The Kier molecular flexibility index (Phi) is 3.87. The van der Waals surface area contributed by atoms with E-state index < -0.39 is 12.3 Å². The summed E-state index contributed by atoms with van der Waals surface area (Å²) >= 11 is 5.75. The molecule has 102 valence electrons. The molecule has 0 saturated heterocycles. The van der Waals surface area contributed by atoms with Gasteiger partial charge in [0, 0.05) is 29.5 Å². The maximum atomic E-state index is 12.3. The summed E-state index contributed by atoms with van der Waals surface area (Å²) in [4.78, 5) is 0. The monoisotopic (exact) mass is 289 g/mol. The zero-order valence-corrected chi connectivity index (χ0v) is 10.5. The van der Waals surface area contributed by atoms with Crippen LogP contribution in [-0.4, -0.2) is 15.8 Å². The SMILES string of the molecule is OC(c1ccn(Cc2ccc(Cl)cc2)c1)C(F)(F)F. The minimum atomic E-state index is -4.65. The van der Waals surface area contributed by atoms with Crippen molar-refractivity contribution >= 4 is 11.6 Å². The summed E-state index contributed by atoms with van der Waals surface area (Å²) in [5, 5.41) is 9.72. The molecule has 0 spiro atoms. The largest absolute Gasteiger partial charge is 0.418 e. The average Bonchev–Trinajstić information content (AvgIpc) is 2.78. The van der Waals surface area contributed by atoms with Gasteiger partial charge in [-0.1, -0.05) is 23.7 Å². The molecule has 0 bridgehead atoms. The highest BCUT2D eigenvalue weighted by Crippen LogP contribution is 2.32. The van der Waals surface area contributed by atoms with E-state index in [0.29, 0.717) is 11.6 Å². The molecule has 2 aromatic rings. The van der Waals surface area contributed by atoms with Gasteiger partial charge in [-0.15, -0.1) is 0 Å². The highest BCUT2D eigenvalue weighted by Gasteiger charge is 2.39. The molecule has 0 aliphatic rings. The van der Waals surface area contributed by atoms with E-state index in [4.69, 9.17) is 16.7 Å². The number of hydrogen-bond donors (Lipinski definition) is 1. The lowest BCUT2D eigenvalue weighted by atomic mass is 10.2. The van der Waals surface area contributed by atoms with Crippen LogP contribution in [0.4, 0.5) is 13.2 Å². The van der Waals surface area contributed by atoms with Crippen LogP contribution in [0.3, 0.4) is 0 Å². The van der Waals surface area contributed by atoms with Gasteiger partial charge in [0.2, 0.25) is 0 Å². The Labute approximate surface area is 113 Å². The summed E-state index contributed by atoms with van der Waals surface area (Å²) in [5.41, 5.74) is 0.745. The Morgan fingerprint density at radius 2 is 1.79 bits per heavy atom. The van der Waals surface area contributed by atoms with E-state index >= 15 is 0 Å². The molecule has 6 heteroatoms. The van der Waals surface area contributed by atoms with Crippen molar-refractivity contribution in [3.05, 3.63) is 58.9 Å². The van der Waals surface area contributed by atoms with Gasteiger partial charge in [0.05, 0.1) is 0 Å². The van der Waals surface area contributed by atoms with Crippen LogP contribution >= 0.6 is 11.6 Å². The quantitative estimate of drug-likeness (QED) is 0.914. The van der Waals surface area contributed by atoms with E-state index in [1.807, 2.05) is 0 Å². The van der Waals surface area contributed by atoms with Crippen LogP contribution < -0.4 is 0 Å². The predicted octanol–water partition coefficient (Wildman–Crippen LogP) is 3.79. The number of nitrogens with zero attached hydrogens (tertiary/aromatic N) is 1. The van der Waals surface area contributed by atoms with Gasteiger partial charge in [0.1, 0.15) is 0 Å². The molecule has 0 aliphatic carbocycles. The van der Waals surface area contributed by atoms with Crippen molar-refractivity contribution in [2.45, 2.75) is 18.8 Å². The third-order valence-electron chi connectivity index (χ3n) is 2.68. The van der Waals surface area contributed by atoms with Gasteiger partial charge in [0.25, 0.3) is 0 Å². The summed E-state index contributed by atoms with van der Waals surface area (Å²) in [6, 6.07) is 8.27. The molecule has 19 heavy (non-hydrogen) atoms. The molecule has 0 aliphatic heterocycles. The van der Waals surface area contributed by atoms with Crippen LogP contribution in [-0.2, 0) is 6.54 Å². The molecular formula is C13H11ClF3NO. The molecule has 0 radical (unpaired) electrons. The van der Waals surface area contributed by atoms with Gasteiger partial charge >= 0.3 is 6.18 Å². The topological polar surface area (TPSA) is 25.2 Å². The van der Waals surface area contributed by atoms with Crippen molar-refractivity contribution in [3.8, 4) is 0 Å². The molecule has 2 rings (SSSR count). The third-order valence-corrected chi connectivity index (χ3v) is 2.93. The molecule has 1 N–H and O–H groups in total. The number of halogens is 4. The lowest BCUT2D eigenvalue weighted by Gasteiger charge is -2.12. The Balaban J connectivity index is 2.11. The molecule has 0 fully saturated rings. The Hall–Kier alpha value is -1.46. The second-order valence-corrected chi connectivity index (χ2v) is 4.62. The first-order chi connectivity index (χ1) is 8.86. The molecule has 0 amide bonds. The van der Waals surface area contributed by atoms with E-state index in [-0.39, 0.29) is 5.56 Å². The predicted molar refractivity (Wildman–Crippen MR) is 66.0 cm³/mol. The van der Waals surface area contributed by atoms with Crippen LogP contribution in [0.2, 0.25) is 5.02 Å². The molecule has 2 nitrogen and oxygen atoms in total. The first-order valence-electron chi connectivity index (χ1n) is 5.51. The van der Waals surface area contributed by atoms with E-state index in [1.165, 1.54) is 18.5 Å². The van der Waals surface area contributed by atoms with Crippen LogP contribution in [0, 0.1) is 0 Å². The maximum Gasteiger partial charge on any atom is 0.418 e. The zero-order chi connectivity index (χ0) is 14.0. The van der Waals surface area contributed by atoms with Gasteiger partial charge in [-0.3, -0.25) is 0 Å². The van der Waals surface area contributed by atoms with E-state index in [9.17, 15) is 13.2 Å². The Morgan fingerprint density at radius 3 is 2.37 bits per heavy atom.